The van der Waals surface area contributed by atoms with E-state index in [1.54, 1.807) is 0 Å². The first-order chi connectivity index (χ1) is 12.4. The Morgan fingerprint density at radius 1 is 1.00 bits per heavy atom. The van der Waals surface area contributed by atoms with Gasteiger partial charge in [-0.3, -0.25) is 9.97 Å². The van der Waals surface area contributed by atoms with Gasteiger partial charge in [-0.25, -0.2) is 0 Å². The zero-order valence-electron chi connectivity index (χ0n) is 16.4. The third-order valence-corrected chi connectivity index (χ3v) is 5.25. The number of furan rings is 1. The Morgan fingerprint density at radius 3 is 2.31 bits per heavy atom. The Kier molecular flexibility index (Phi) is 5.26. The second-order valence-electron chi connectivity index (χ2n) is 7.94. The van der Waals surface area contributed by atoms with E-state index >= 15 is 0 Å². The van der Waals surface area contributed by atoms with Crippen molar-refractivity contribution in [3.8, 4) is 0 Å². The van der Waals surface area contributed by atoms with Crippen molar-refractivity contribution in [3.63, 3.8) is 0 Å². The largest absolute Gasteiger partial charge is 0.469 e. The summed E-state index contributed by atoms with van der Waals surface area (Å²) >= 11 is 0. The van der Waals surface area contributed by atoms with Crippen LogP contribution in [0.1, 0.15) is 74.6 Å². The van der Waals surface area contributed by atoms with Crippen LogP contribution < -0.4 is 0 Å². The van der Waals surface area contributed by atoms with Crippen LogP contribution in [-0.4, -0.2) is 9.97 Å². The zero-order chi connectivity index (χ0) is 18.7. The molecule has 0 bridgehead atoms. The molecule has 3 aromatic heterocycles. The quantitative estimate of drug-likeness (QED) is 0.559. The molecule has 3 nitrogen and oxygen atoms in total. The van der Waals surface area contributed by atoms with E-state index in [9.17, 15) is 0 Å². The third kappa shape index (κ3) is 3.87. The first-order valence-electron chi connectivity index (χ1n) is 9.32. The van der Waals surface area contributed by atoms with Gasteiger partial charge < -0.3 is 4.42 Å². The molecule has 0 N–H and O–H groups in total. The molecule has 0 aliphatic carbocycles. The van der Waals surface area contributed by atoms with Crippen LogP contribution in [0, 0.1) is 0 Å². The Hall–Kier alpha value is -2.42. The lowest BCUT2D eigenvalue weighted by Crippen LogP contribution is -2.20. The molecule has 0 radical (unpaired) electrons. The molecule has 0 fully saturated rings. The van der Waals surface area contributed by atoms with E-state index in [0.717, 1.165) is 17.9 Å². The summed E-state index contributed by atoms with van der Waals surface area (Å²) in [4.78, 5) is 8.88. The summed E-state index contributed by atoms with van der Waals surface area (Å²) in [5, 5.41) is 0. The summed E-state index contributed by atoms with van der Waals surface area (Å²) in [6.07, 6.45) is 8.45. The summed E-state index contributed by atoms with van der Waals surface area (Å²) in [5.74, 6) is 1.91. The second-order valence-corrected chi connectivity index (χ2v) is 7.94. The Bertz CT molecular complexity index is 832. The van der Waals surface area contributed by atoms with Crippen molar-refractivity contribution in [2.75, 3.05) is 0 Å². The molecule has 3 heteroatoms. The third-order valence-electron chi connectivity index (χ3n) is 5.25. The van der Waals surface area contributed by atoms with Crippen molar-refractivity contribution in [1.29, 1.82) is 0 Å². The summed E-state index contributed by atoms with van der Waals surface area (Å²) in [7, 11) is 0. The van der Waals surface area contributed by atoms with E-state index in [0.29, 0.717) is 11.8 Å². The van der Waals surface area contributed by atoms with Crippen LogP contribution in [0.3, 0.4) is 0 Å². The zero-order valence-corrected chi connectivity index (χ0v) is 16.4. The minimum absolute atomic E-state index is 0.141. The van der Waals surface area contributed by atoms with Crippen molar-refractivity contribution in [2.45, 2.75) is 58.3 Å². The number of nitrogens with zero attached hydrogens (tertiary/aromatic N) is 2. The first-order valence-corrected chi connectivity index (χ1v) is 9.32. The van der Waals surface area contributed by atoms with Crippen molar-refractivity contribution < 1.29 is 4.42 Å². The molecule has 26 heavy (non-hydrogen) atoms. The fourth-order valence-corrected chi connectivity index (χ4v) is 3.21. The summed E-state index contributed by atoms with van der Waals surface area (Å²) in [6, 6.07) is 10.6. The number of hydrogen-bond donors (Lipinski definition) is 0. The molecule has 3 rings (SSSR count). The van der Waals surface area contributed by atoms with Gasteiger partial charge in [0.2, 0.25) is 0 Å². The molecule has 1 unspecified atom stereocenters. The predicted octanol–water partition coefficient (Wildman–Crippen LogP) is 5.87. The molecule has 3 aromatic rings. The smallest absolute Gasteiger partial charge is 0.104 e. The fourth-order valence-electron chi connectivity index (χ4n) is 3.21. The second kappa shape index (κ2) is 7.45. The molecule has 0 saturated carbocycles. The van der Waals surface area contributed by atoms with Gasteiger partial charge in [-0.15, -0.1) is 0 Å². The lowest BCUT2D eigenvalue weighted by molar-refractivity contribution is 0.490. The van der Waals surface area contributed by atoms with Gasteiger partial charge >= 0.3 is 0 Å². The van der Waals surface area contributed by atoms with Gasteiger partial charge in [0, 0.05) is 30.4 Å². The normalized spacial score (nSPS) is 13.2. The maximum Gasteiger partial charge on any atom is 0.104 e. The maximum absolute atomic E-state index is 5.73. The minimum Gasteiger partial charge on any atom is -0.469 e. The van der Waals surface area contributed by atoms with Crippen molar-refractivity contribution >= 4 is 0 Å². The Balaban J connectivity index is 1.74. The van der Waals surface area contributed by atoms with Crippen LogP contribution in [0.25, 0.3) is 0 Å². The Morgan fingerprint density at radius 2 is 1.73 bits per heavy atom. The van der Waals surface area contributed by atoms with Gasteiger partial charge in [0.05, 0.1) is 12.0 Å². The highest BCUT2D eigenvalue weighted by molar-refractivity contribution is 5.33. The number of pyridine rings is 2. The number of rotatable bonds is 6. The number of aromatic nitrogens is 2. The summed E-state index contributed by atoms with van der Waals surface area (Å²) in [5.41, 5.74) is 4.65. The van der Waals surface area contributed by atoms with E-state index in [4.69, 9.17) is 9.40 Å². The van der Waals surface area contributed by atoms with E-state index in [2.05, 4.69) is 69.9 Å². The molecule has 0 spiro atoms. The van der Waals surface area contributed by atoms with Crippen LogP contribution in [0.15, 0.2) is 59.6 Å². The summed E-state index contributed by atoms with van der Waals surface area (Å²) in [6.45, 7) is 11.0. The van der Waals surface area contributed by atoms with Crippen LogP contribution >= 0.6 is 0 Å². The van der Waals surface area contributed by atoms with E-state index in [1.165, 1.54) is 16.7 Å². The fraction of sp³-hybridized carbons (Fsp3) is 0.391. The van der Waals surface area contributed by atoms with Crippen LogP contribution in [0.2, 0.25) is 0 Å². The van der Waals surface area contributed by atoms with E-state index in [-0.39, 0.29) is 5.41 Å². The first kappa shape index (κ1) is 18.4. The maximum atomic E-state index is 5.73. The molecule has 1 atom stereocenters. The lowest BCUT2D eigenvalue weighted by Gasteiger charge is -2.25. The standard InChI is InChI=1S/C23H28N2O/c1-16(2)19-13-21(26-15-19)12-17(3)18-6-7-22(25-14-18)23(4,5)20-8-10-24-11-9-20/h6-11,13-17H,12H2,1-5H3. The monoisotopic (exact) mass is 348 g/mol. The number of hydrogen-bond acceptors (Lipinski definition) is 3. The Labute approximate surface area is 156 Å². The minimum atomic E-state index is -0.141. The highest BCUT2D eigenvalue weighted by Gasteiger charge is 2.24. The van der Waals surface area contributed by atoms with Gasteiger partial charge in [-0.05, 0) is 52.8 Å². The molecule has 0 aliphatic rings. The van der Waals surface area contributed by atoms with E-state index in [1.807, 2.05) is 24.9 Å². The van der Waals surface area contributed by atoms with E-state index < -0.39 is 0 Å². The van der Waals surface area contributed by atoms with Crippen LogP contribution in [-0.2, 0) is 11.8 Å². The molecule has 136 valence electrons. The van der Waals surface area contributed by atoms with Crippen molar-refractivity contribution in [2.24, 2.45) is 0 Å². The summed E-state index contributed by atoms with van der Waals surface area (Å²) < 4.78 is 5.73. The molecule has 0 aliphatic heterocycles. The molecule has 0 aromatic carbocycles. The molecular formula is C23H28N2O. The van der Waals surface area contributed by atoms with Gasteiger partial charge in [-0.1, -0.05) is 40.7 Å². The molecular weight excluding hydrogens is 320 g/mol. The molecule has 3 heterocycles. The molecule has 0 saturated heterocycles. The molecule has 0 amide bonds. The van der Waals surface area contributed by atoms with Gasteiger partial charge in [0.1, 0.15) is 5.76 Å². The van der Waals surface area contributed by atoms with Crippen molar-refractivity contribution in [1.82, 2.24) is 9.97 Å². The lowest BCUT2D eigenvalue weighted by atomic mass is 9.81. The van der Waals surface area contributed by atoms with Crippen LogP contribution in [0.5, 0.6) is 0 Å². The highest BCUT2D eigenvalue weighted by Crippen LogP contribution is 2.31. The SMILES string of the molecule is CC(C)c1coc(CC(C)c2ccc(C(C)(C)c3ccncc3)nc2)c1. The predicted molar refractivity (Wildman–Crippen MR) is 106 cm³/mol. The van der Waals surface area contributed by atoms with Crippen LogP contribution in [0.4, 0.5) is 0 Å². The van der Waals surface area contributed by atoms with Gasteiger partial charge in [0.15, 0.2) is 0 Å². The average molecular weight is 348 g/mol. The van der Waals surface area contributed by atoms with Gasteiger partial charge in [-0.2, -0.15) is 0 Å². The van der Waals surface area contributed by atoms with Gasteiger partial charge in [0.25, 0.3) is 0 Å². The average Bonchev–Trinajstić information content (AvgIpc) is 3.11. The highest BCUT2D eigenvalue weighted by atomic mass is 16.3. The topological polar surface area (TPSA) is 38.9 Å². The van der Waals surface area contributed by atoms with Crippen molar-refractivity contribution in [3.05, 3.63) is 83.3 Å².